The second kappa shape index (κ2) is 9.42. The molecular formula is C18H24N4O3S. The molecule has 0 saturated heterocycles. The van der Waals surface area contributed by atoms with E-state index in [4.69, 9.17) is 5.73 Å². The van der Waals surface area contributed by atoms with E-state index in [0.29, 0.717) is 26.1 Å². The Labute approximate surface area is 154 Å². The lowest BCUT2D eigenvalue weighted by molar-refractivity contribution is -0.131. The number of sulfonamides is 1. The van der Waals surface area contributed by atoms with Gasteiger partial charge in [0, 0.05) is 39.1 Å². The van der Waals surface area contributed by atoms with E-state index in [-0.39, 0.29) is 17.3 Å². The van der Waals surface area contributed by atoms with Gasteiger partial charge in [-0.2, -0.15) is 4.31 Å². The minimum atomic E-state index is -3.76. The third kappa shape index (κ3) is 5.35. The maximum Gasteiger partial charge on any atom is 0.244 e. The molecule has 0 bridgehead atoms. The second-order valence-electron chi connectivity index (χ2n) is 5.85. The van der Waals surface area contributed by atoms with Crippen molar-refractivity contribution >= 4 is 15.9 Å². The quantitative estimate of drug-likeness (QED) is 0.696. The van der Waals surface area contributed by atoms with Crippen LogP contribution in [0.5, 0.6) is 0 Å². The summed E-state index contributed by atoms with van der Waals surface area (Å²) in [5, 5.41) is 0. The molecule has 0 aliphatic carbocycles. The van der Waals surface area contributed by atoms with E-state index in [0.717, 1.165) is 9.87 Å². The van der Waals surface area contributed by atoms with Crippen molar-refractivity contribution in [1.29, 1.82) is 0 Å². The number of carbonyl (C=O) groups is 1. The van der Waals surface area contributed by atoms with E-state index in [9.17, 15) is 13.2 Å². The summed E-state index contributed by atoms with van der Waals surface area (Å²) in [7, 11) is -2.37. The van der Waals surface area contributed by atoms with Gasteiger partial charge >= 0.3 is 0 Å². The van der Waals surface area contributed by atoms with E-state index >= 15 is 0 Å². The van der Waals surface area contributed by atoms with Gasteiger partial charge in [0.25, 0.3) is 0 Å². The molecule has 1 aromatic heterocycles. The summed E-state index contributed by atoms with van der Waals surface area (Å²) in [5.41, 5.74) is 6.72. The zero-order valence-electron chi connectivity index (χ0n) is 14.8. The van der Waals surface area contributed by atoms with Crippen LogP contribution in [-0.4, -0.2) is 61.7 Å². The first-order valence-electron chi connectivity index (χ1n) is 8.33. The van der Waals surface area contributed by atoms with Crippen molar-refractivity contribution in [3.63, 3.8) is 0 Å². The number of pyridine rings is 1. The van der Waals surface area contributed by atoms with Crippen molar-refractivity contribution < 1.29 is 13.2 Å². The van der Waals surface area contributed by atoms with Gasteiger partial charge in [0.05, 0.1) is 6.54 Å². The molecule has 0 spiro atoms. The normalized spacial score (nSPS) is 11.5. The van der Waals surface area contributed by atoms with Crippen LogP contribution in [0.3, 0.4) is 0 Å². The third-order valence-corrected chi connectivity index (χ3v) is 5.75. The van der Waals surface area contributed by atoms with Crippen molar-refractivity contribution in [2.75, 3.05) is 33.2 Å². The number of rotatable bonds is 9. The van der Waals surface area contributed by atoms with Crippen LogP contribution >= 0.6 is 0 Å². The minimum Gasteiger partial charge on any atom is -0.340 e. The van der Waals surface area contributed by atoms with Crippen molar-refractivity contribution in [2.24, 2.45) is 5.73 Å². The molecule has 7 nitrogen and oxygen atoms in total. The highest BCUT2D eigenvalue weighted by Crippen LogP contribution is 2.12. The average Bonchev–Trinajstić information content (AvgIpc) is 2.66. The molecule has 0 aliphatic heterocycles. The Hall–Kier alpha value is -2.29. The highest BCUT2D eigenvalue weighted by Gasteiger charge is 2.25. The highest BCUT2D eigenvalue weighted by molar-refractivity contribution is 7.89. The lowest BCUT2D eigenvalue weighted by Gasteiger charge is -2.25. The minimum absolute atomic E-state index is 0.0601. The van der Waals surface area contributed by atoms with Gasteiger partial charge in [-0.3, -0.25) is 9.78 Å². The molecule has 1 amide bonds. The zero-order chi connectivity index (χ0) is 19.0. The van der Waals surface area contributed by atoms with Crippen molar-refractivity contribution in [2.45, 2.75) is 11.3 Å². The molecule has 2 N–H and O–H groups in total. The third-order valence-electron chi connectivity index (χ3n) is 3.97. The molecule has 0 radical (unpaired) electrons. The Morgan fingerprint density at radius 1 is 1.12 bits per heavy atom. The van der Waals surface area contributed by atoms with Crippen molar-refractivity contribution in [3.05, 3.63) is 60.4 Å². The van der Waals surface area contributed by atoms with Crippen LogP contribution in [0.1, 0.15) is 5.56 Å². The molecule has 0 unspecified atom stereocenters. The first-order chi connectivity index (χ1) is 12.4. The van der Waals surface area contributed by atoms with Crippen molar-refractivity contribution in [3.8, 4) is 0 Å². The SMILES string of the molecule is CN(CC(=O)N(CCN)CCc1ccccc1)S(=O)(=O)c1cccnc1. The van der Waals surface area contributed by atoms with Crippen LogP contribution in [0, 0.1) is 0 Å². The van der Waals surface area contributed by atoms with Gasteiger partial charge in [0.2, 0.25) is 15.9 Å². The summed E-state index contributed by atoms with van der Waals surface area (Å²) >= 11 is 0. The van der Waals surface area contributed by atoms with E-state index in [1.807, 2.05) is 30.3 Å². The van der Waals surface area contributed by atoms with Gasteiger partial charge in [-0.05, 0) is 24.1 Å². The second-order valence-corrected chi connectivity index (χ2v) is 7.90. The fourth-order valence-electron chi connectivity index (χ4n) is 2.48. The molecule has 140 valence electrons. The van der Waals surface area contributed by atoms with Crippen LogP contribution in [0.4, 0.5) is 0 Å². The largest absolute Gasteiger partial charge is 0.340 e. The van der Waals surface area contributed by atoms with Gasteiger partial charge in [-0.25, -0.2) is 8.42 Å². The number of likely N-dealkylation sites (N-methyl/N-ethyl adjacent to an activating group) is 1. The van der Waals surface area contributed by atoms with Gasteiger partial charge in [-0.15, -0.1) is 0 Å². The monoisotopic (exact) mass is 376 g/mol. The number of nitrogens with two attached hydrogens (primary N) is 1. The van der Waals surface area contributed by atoms with E-state index < -0.39 is 10.0 Å². The topological polar surface area (TPSA) is 96.6 Å². The fraction of sp³-hybridized carbons (Fsp3) is 0.333. The summed E-state index contributed by atoms with van der Waals surface area (Å²) in [6.45, 7) is 0.943. The Morgan fingerprint density at radius 3 is 2.46 bits per heavy atom. The lowest BCUT2D eigenvalue weighted by Crippen LogP contribution is -2.43. The summed E-state index contributed by atoms with van der Waals surface area (Å²) in [6, 6.07) is 12.8. The van der Waals surface area contributed by atoms with Gasteiger partial charge in [-0.1, -0.05) is 30.3 Å². The number of carbonyl (C=O) groups excluding carboxylic acids is 1. The molecule has 1 aromatic carbocycles. The maximum absolute atomic E-state index is 12.6. The zero-order valence-corrected chi connectivity index (χ0v) is 15.6. The Morgan fingerprint density at radius 2 is 1.85 bits per heavy atom. The van der Waals surface area contributed by atoms with Gasteiger partial charge in [0.15, 0.2) is 0 Å². The molecule has 0 saturated carbocycles. The van der Waals surface area contributed by atoms with Crippen LogP contribution in [0.2, 0.25) is 0 Å². The standard InChI is InChI=1S/C18H24N4O3S/c1-21(26(24,25)17-8-5-11-20-14-17)15-18(23)22(13-10-19)12-9-16-6-3-2-4-7-16/h2-8,11,14H,9-10,12-13,15,19H2,1H3. The molecule has 8 heteroatoms. The number of hydrogen-bond donors (Lipinski definition) is 1. The van der Waals surface area contributed by atoms with Crippen LogP contribution in [0.15, 0.2) is 59.8 Å². The Kier molecular flexibility index (Phi) is 7.26. The smallest absolute Gasteiger partial charge is 0.244 e. The number of nitrogens with zero attached hydrogens (tertiary/aromatic N) is 3. The Bertz CT molecular complexity index is 798. The summed E-state index contributed by atoms with van der Waals surface area (Å²) < 4.78 is 26.1. The average molecular weight is 376 g/mol. The van der Waals surface area contributed by atoms with E-state index in [2.05, 4.69) is 4.98 Å². The molecule has 2 rings (SSSR count). The van der Waals surface area contributed by atoms with Gasteiger partial charge < -0.3 is 10.6 Å². The van der Waals surface area contributed by atoms with Crippen molar-refractivity contribution in [1.82, 2.24) is 14.2 Å². The number of amides is 1. The molecule has 0 aliphatic rings. The summed E-state index contributed by atoms with van der Waals surface area (Å²) in [5.74, 6) is -0.277. The summed E-state index contributed by atoms with van der Waals surface area (Å²) in [4.78, 5) is 18.1. The molecular weight excluding hydrogens is 352 g/mol. The number of hydrogen-bond acceptors (Lipinski definition) is 5. The predicted molar refractivity (Wildman–Crippen MR) is 99.8 cm³/mol. The molecule has 0 atom stereocenters. The predicted octanol–water partition coefficient (Wildman–Crippen LogP) is 0.732. The molecule has 26 heavy (non-hydrogen) atoms. The first-order valence-corrected chi connectivity index (χ1v) is 9.77. The van der Waals surface area contributed by atoms with E-state index in [1.54, 1.807) is 11.0 Å². The lowest BCUT2D eigenvalue weighted by atomic mass is 10.1. The Balaban J connectivity index is 2.02. The molecule has 1 heterocycles. The number of benzene rings is 1. The highest BCUT2D eigenvalue weighted by atomic mass is 32.2. The maximum atomic E-state index is 12.6. The van der Waals surface area contributed by atoms with Crippen LogP contribution in [0.25, 0.3) is 0 Å². The van der Waals surface area contributed by atoms with Crippen LogP contribution < -0.4 is 5.73 Å². The summed E-state index contributed by atoms with van der Waals surface area (Å²) in [6.07, 6.45) is 3.45. The first kappa shape index (κ1) is 20.0. The van der Waals surface area contributed by atoms with Crippen LogP contribution in [-0.2, 0) is 21.2 Å². The fourth-order valence-corrected chi connectivity index (χ4v) is 3.57. The van der Waals surface area contributed by atoms with E-state index in [1.165, 1.54) is 25.5 Å². The van der Waals surface area contributed by atoms with Gasteiger partial charge in [0.1, 0.15) is 4.90 Å². The molecule has 0 fully saturated rings. The number of aromatic nitrogens is 1. The molecule has 2 aromatic rings.